The molecule has 6 N–H and O–H groups in total. The van der Waals surface area contributed by atoms with E-state index in [-0.39, 0.29) is 0 Å². The van der Waals surface area contributed by atoms with Gasteiger partial charge in [0, 0.05) is 6.42 Å². The lowest BCUT2D eigenvalue weighted by Crippen LogP contribution is -2.47. The first-order chi connectivity index (χ1) is 7.81. The van der Waals surface area contributed by atoms with Crippen LogP contribution in [0.15, 0.2) is 0 Å². The quantitative estimate of drug-likeness (QED) is 0.264. The number of carbonyl (C=O) groups excluding carboxylic acids is 1. The van der Waals surface area contributed by atoms with Gasteiger partial charge in [-0.3, -0.25) is 9.59 Å². The van der Waals surface area contributed by atoms with E-state index in [4.69, 9.17) is 15.3 Å². The Labute approximate surface area is 96.7 Å². The average Bonchev–Trinajstić information content (AvgIpc) is 2.31. The van der Waals surface area contributed by atoms with Crippen LogP contribution in [0.3, 0.4) is 0 Å². The number of hydrogen-bond donors (Lipinski definition) is 6. The smallest absolute Gasteiger partial charge is 0.303 e. The van der Waals surface area contributed by atoms with Crippen molar-refractivity contribution in [2.45, 2.75) is 37.3 Å². The summed E-state index contributed by atoms with van der Waals surface area (Å²) in [5, 5.41) is 53.4. The Hall–Kier alpha value is -1.06. The summed E-state index contributed by atoms with van der Waals surface area (Å²) in [6, 6.07) is 0. The maximum absolute atomic E-state index is 11.3. The highest BCUT2D eigenvalue weighted by Crippen LogP contribution is 2.07. The molecule has 0 aliphatic heterocycles. The molecular formula is C9H16O8. The van der Waals surface area contributed by atoms with Crippen LogP contribution in [0.1, 0.15) is 12.8 Å². The highest BCUT2D eigenvalue weighted by atomic mass is 16.4. The number of Topliss-reactive ketones (excluding diaryl/α,β-unsaturated/α-hetero) is 1. The monoisotopic (exact) mass is 252 g/mol. The molecule has 1 unspecified atom stereocenters. The first-order valence-electron chi connectivity index (χ1n) is 4.89. The van der Waals surface area contributed by atoms with E-state index in [1.165, 1.54) is 0 Å². The van der Waals surface area contributed by atoms with Gasteiger partial charge in [-0.2, -0.15) is 0 Å². The summed E-state index contributed by atoms with van der Waals surface area (Å²) in [4.78, 5) is 21.4. The predicted molar refractivity (Wildman–Crippen MR) is 53.0 cm³/mol. The molecule has 17 heavy (non-hydrogen) atoms. The zero-order valence-corrected chi connectivity index (χ0v) is 8.93. The summed E-state index contributed by atoms with van der Waals surface area (Å²) < 4.78 is 0. The van der Waals surface area contributed by atoms with Gasteiger partial charge in [0.15, 0.2) is 5.78 Å². The number of carboxylic acids is 1. The summed E-state index contributed by atoms with van der Waals surface area (Å²) in [6.45, 7) is -0.864. The third kappa shape index (κ3) is 5.20. The van der Waals surface area contributed by atoms with Crippen molar-refractivity contribution >= 4 is 11.8 Å². The maximum Gasteiger partial charge on any atom is 0.303 e. The highest BCUT2D eigenvalue weighted by Gasteiger charge is 2.33. The van der Waals surface area contributed by atoms with E-state index in [0.717, 1.165) is 0 Å². The van der Waals surface area contributed by atoms with E-state index in [0.29, 0.717) is 0 Å². The number of rotatable bonds is 8. The predicted octanol–water partition coefficient (Wildman–Crippen LogP) is -3.14. The minimum absolute atomic E-state index is 0.410. The second kappa shape index (κ2) is 7.30. The number of aliphatic carboxylic acids is 1. The molecule has 0 aliphatic carbocycles. The zero-order valence-electron chi connectivity index (χ0n) is 8.93. The molecule has 0 radical (unpaired) electrons. The van der Waals surface area contributed by atoms with E-state index in [1.807, 2.05) is 0 Å². The minimum Gasteiger partial charge on any atom is -0.481 e. The molecule has 0 fully saturated rings. The second-order valence-corrected chi connectivity index (χ2v) is 3.54. The Bertz CT molecular complexity index is 266. The SMILES string of the molecule is O=C(O)CCC(O)C(=O)[C@@H](O)[C@H](O)[C@H](O)CO. The van der Waals surface area contributed by atoms with Crippen LogP contribution in [0.25, 0.3) is 0 Å². The van der Waals surface area contributed by atoms with Crippen LogP contribution in [0.4, 0.5) is 0 Å². The third-order valence-electron chi connectivity index (χ3n) is 2.16. The topological polar surface area (TPSA) is 156 Å². The van der Waals surface area contributed by atoms with Crippen LogP contribution in [-0.2, 0) is 9.59 Å². The summed E-state index contributed by atoms with van der Waals surface area (Å²) in [5.41, 5.74) is 0. The largest absolute Gasteiger partial charge is 0.481 e. The van der Waals surface area contributed by atoms with Gasteiger partial charge < -0.3 is 30.6 Å². The van der Waals surface area contributed by atoms with Gasteiger partial charge in [0.05, 0.1) is 6.61 Å². The fraction of sp³-hybridized carbons (Fsp3) is 0.778. The molecular weight excluding hydrogens is 236 g/mol. The Morgan fingerprint density at radius 3 is 2.00 bits per heavy atom. The van der Waals surface area contributed by atoms with Gasteiger partial charge in [-0.1, -0.05) is 0 Å². The molecule has 0 heterocycles. The number of carbonyl (C=O) groups is 2. The van der Waals surface area contributed by atoms with Crippen LogP contribution in [-0.4, -0.2) is 73.4 Å². The van der Waals surface area contributed by atoms with Crippen LogP contribution in [0, 0.1) is 0 Å². The minimum atomic E-state index is -2.08. The van der Waals surface area contributed by atoms with Crippen molar-refractivity contribution < 1.29 is 40.2 Å². The molecule has 0 saturated carbocycles. The third-order valence-corrected chi connectivity index (χ3v) is 2.16. The Morgan fingerprint density at radius 2 is 1.59 bits per heavy atom. The lowest BCUT2D eigenvalue weighted by Gasteiger charge is -2.22. The molecule has 0 rings (SSSR count). The van der Waals surface area contributed by atoms with Crippen molar-refractivity contribution in [3.8, 4) is 0 Å². The van der Waals surface area contributed by atoms with Crippen molar-refractivity contribution in [3.05, 3.63) is 0 Å². The fourth-order valence-electron chi connectivity index (χ4n) is 1.09. The van der Waals surface area contributed by atoms with Gasteiger partial charge in [-0.15, -0.1) is 0 Å². The maximum atomic E-state index is 11.3. The molecule has 100 valence electrons. The standard InChI is InChI=1S/C9H16O8/c10-3-5(12)8(16)9(17)7(15)4(11)1-2-6(13)14/h4-5,8-12,16-17H,1-3H2,(H,13,14)/t4?,5-,8-,9-/m1/s1. The molecule has 8 nitrogen and oxygen atoms in total. The van der Waals surface area contributed by atoms with Gasteiger partial charge in [-0.25, -0.2) is 0 Å². The van der Waals surface area contributed by atoms with Crippen molar-refractivity contribution in [1.82, 2.24) is 0 Å². The number of ketones is 1. The van der Waals surface area contributed by atoms with Crippen LogP contribution in [0.5, 0.6) is 0 Å². The number of carboxylic acid groups (broad SMARTS) is 1. The molecule has 0 aromatic rings. The van der Waals surface area contributed by atoms with Crippen LogP contribution >= 0.6 is 0 Å². The second-order valence-electron chi connectivity index (χ2n) is 3.54. The lowest BCUT2D eigenvalue weighted by molar-refractivity contribution is -0.149. The molecule has 0 aromatic carbocycles. The fourth-order valence-corrected chi connectivity index (χ4v) is 1.09. The van der Waals surface area contributed by atoms with E-state index in [1.54, 1.807) is 0 Å². The van der Waals surface area contributed by atoms with Gasteiger partial charge in [-0.05, 0) is 6.42 Å². The number of hydrogen-bond acceptors (Lipinski definition) is 7. The normalized spacial score (nSPS) is 18.2. The van der Waals surface area contributed by atoms with Crippen LogP contribution in [0.2, 0.25) is 0 Å². The molecule has 0 amide bonds. The molecule has 8 heteroatoms. The summed E-state index contributed by atoms with van der Waals surface area (Å²) in [7, 11) is 0. The van der Waals surface area contributed by atoms with E-state index >= 15 is 0 Å². The van der Waals surface area contributed by atoms with Crippen molar-refractivity contribution in [2.75, 3.05) is 6.61 Å². The molecule has 4 atom stereocenters. The molecule has 0 aromatic heterocycles. The van der Waals surface area contributed by atoms with Crippen molar-refractivity contribution in [2.24, 2.45) is 0 Å². The van der Waals surface area contributed by atoms with Gasteiger partial charge >= 0.3 is 5.97 Å². The van der Waals surface area contributed by atoms with E-state index < -0.39 is 55.6 Å². The zero-order chi connectivity index (χ0) is 13.6. The Kier molecular flexibility index (Phi) is 6.85. The lowest BCUT2D eigenvalue weighted by atomic mass is 9.99. The van der Waals surface area contributed by atoms with Crippen molar-refractivity contribution in [1.29, 1.82) is 0 Å². The highest BCUT2D eigenvalue weighted by molar-refractivity contribution is 5.87. The first kappa shape index (κ1) is 15.9. The molecule has 0 aliphatic rings. The summed E-state index contributed by atoms with van der Waals surface area (Å²) >= 11 is 0. The summed E-state index contributed by atoms with van der Waals surface area (Å²) in [5.74, 6) is -2.42. The number of aliphatic hydroxyl groups is 5. The first-order valence-corrected chi connectivity index (χ1v) is 4.89. The summed E-state index contributed by atoms with van der Waals surface area (Å²) in [6.07, 6.45) is -8.37. The van der Waals surface area contributed by atoms with Gasteiger partial charge in [0.2, 0.25) is 0 Å². The van der Waals surface area contributed by atoms with Crippen molar-refractivity contribution in [3.63, 3.8) is 0 Å². The molecule has 0 bridgehead atoms. The molecule has 0 spiro atoms. The van der Waals surface area contributed by atoms with E-state index in [2.05, 4.69) is 0 Å². The average molecular weight is 252 g/mol. The van der Waals surface area contributed by atoms with Gasteiger partial charge in [0.25, 0.3) is 0 Å². The Morgan fingerprint density at radius 1 is 1.06 bits per heavy atom. The van der Waals surface area contributed by atoms with Gasteiger partial charge in [0.1, 0.15) is 24.4 Å². The van der Waals surface area contributed by atoms with Crippen LogP contribution < -0.4 is 0 Å². The molecule has 0 saturated heterocycles. The van der Waals surface area contributed by atoms with E-state index in [9.17, 15) is 24.9 Å². The Balaban J connectivity index is 4.33. The number of aliphatic hydroxyl groups excluding tert-OH is 5.